The van der Waals surface area contributed by atoms with Crippen molar-refractivity contribution in [3.05, 3.63) is 84.2 Å². The highest BCUT2D eigenvalue weighted by molar-refractivity contribution is 7.71. The lowest BCUT2D eigenvalue weighted by atomic mass is 9.37. The van der Waals surface area contributed by atoms with Gasteiger partial charge in [-0.2, -0.15) is 0 Å². The van der Waals surface area contributed by atoms with Gasteiger partial charge in [-0.05, 0) is 159 Å². The van der Waals surface area contributed by atoms with Gasteiger partial charge in [-0.1, -0.05) is 36.4 Å². The number of hydrogen-bond acceptors (Lipinski definition) is 2. The lowest BCUT2D eigenvalue weighted by Gasteiger charge is -2.72. The molecular weight excluding hydrogens is 546 g/mol. The van der Waals surface area contributed by atoms with Crippen molar-refractivity contribution in [2.45, 2.75) is 88.4 Å². The monoisotopic (exact) mass is 592 g/mol. The van der Waals surface area contributed by atoms with Crippen LogP contribution in [0.2, 0.25) is 0 Å². The number of nitrogens with zero attached hydrogens (tertiary/aromatic N) is 2. The van der Waals surface area contributed by atoms with Gasteiger partial charge in [-0.25, -0.2) is 0 Å². The normalized spacial score (nSPS) is 39.1. The van der Waals surface area contributed by atoms with Crippen LogP contribution in [0.1, 0.15) is 88.2 Å². The fraction of sp³-hybridized carbons (Fsp3) is 0.579. The Labute approximate surface area is 256 Å². The molecule has 8 saturated carbocycles. The van der Waals surface area contributed by atoms with E-state index in [1.807, 2.05) is 12.4 Å². The van der Waals surface area contributed by atoms with E-state index in [1.54, 1.807) is 11.1 Å². The Bertz CT molecular complexity index is 1300. The zero-order chi connectivity index (χ0) is 27.9. The van der Waals surface area contributed by atoms with Crippen LogP contribution >= 0.6 is 17.2 Å². The summed E-state index contributed by atoms with van der Waals surface area (Å²) in [5.74, 6) is 5.81. The van der Waals surface area contributed by atoms with Gasteiger partial charge in [0.2, 0.25) is 0 Å². The van der Waals surface area contributed by atoms with Crippen molar-refractivity contribution in [2.24, 2.45) is 46.3 Å². The minimum Gasteiger partial charge on any atom is -0.256 e. The van der Waals surface area contributed by atoms with Gasteiger partial charge in [0, 0.05) is 31.6 Å². The molecule has 8 aliphatic rings. The summed E-state index contributed by atoms with van der Waals surface area (Å²) >= 11 is 0. The van der Waals surface area contributed by atoms with Crippen LogP contribution in [0.4, 0.5) is 0 Å². The highest BCUT2D eigenvalue weighted by Crippen LogP contribution is 2.78. The van der Waals surface area contributed by atoms with Crippen molar-refractivity contribution in [2.75, 3.05) is 0 Å². The molecule has 4 heteroatoms. The first-order valence-corrected chi connectivity index (χ1v) is 19.1. The van der Waals surface area contributed by atoms with Gasteiger partial charge in [-0.15, -0.1) is 9.24 Å². The van der Waals surface area contributed by atoms with Crippen molar-refractivity contribution >= 4 is 28.0 Å². The molecule has 0 amide bonds. The number of aromatic nitrogens is 2. The highest BCUT2D eigenvalue weighted by Gasteiger charge is 2.69. The van der Waals surface area contributed by atoms with E-state index in [0.717, 1.165) is 41.7 Å². The molecule has 0 saturated heterocycles. The lowest BCUT2D eigenvalue weighted by Crippen LogP contribution is -2.64. The second-order valence-electron chi connectivity index (χ2n) is 15.8. The molecule has 1 atom stereocenters. The van der Waals surface area contributed by atoms with Crippen molar-refractivity contribution < 1.29 is 0 Å². The van der Waals surface area contributed by atoms with E-state index in [4.69, 9.17) is 9.97 Å². The lowest BCUT2D eigenvalue weighted by molar-refractivity contribution is -0.158. The number of hydrogen-bond donors (Lipinski definition) is 0. The van der Waals surface area contributed by atoms with Crippen molar-refractivity contribution in [1.29, 1.82) is 0 Å². The summed E-state index contributed by atoms with van der Waals surface area (Å²) < 4.78 is 0. The topological polar surface area (TPSA) is 25.8 Å². The maximum Gasteiger partial charge on any atom is 0.0695 e. The van der Waals surface area contributed by atoms with E-state index in [-0.39, 0.29) is 5.16 Å². The summed E-state index contributed by atoms with van der Waals surface area (Å²) in [5.41, 5.74) is 6.58. The van der Waals surface area contributed by atoms with Crippen molar-refractivity contribution in [3.63, 3.8) is 0 Å². The molecule has 0 aliphatic heterocycles. The third kappa shape index (κ3) is 4.03. The molecule has 8 fully saturated rings. The zero-order valence-electron chi connectivity index (χ0n) is 25.0. The molecule has 2 heterocycles. The van der Waals surface area contributed by atoms with Gasteiger partial charge in [0.15, 0.2) is 0 Å². The molecule has 42 heavy (non-hydrogen) atoms. The molecule has 2 nitrogen and oxygen atoms in total. The Kier molecular flexibility index (Phi) is 6.33. The summed E-state index contributed by atoms with van der Waals surface area (Å²) in [4.78, 5) is 9.87. The standard InChI is InChI=1S/C38H46N2P2/c41-38(36-19-26-13-27(20-36)15-28(14-26)21-36,37-22-29-16-30(23-37)18-31(17-29)24-37)33-8-2-1-7-32(33)25-42(34-9-3-5-11-39-34)35-10-4-6-12-40-35/h1-12,26-31H,13-25,41H2. The Morgan fingerprint density at radius 2 is 1.00 bits per heavy atom. The van der Waals surface area contributed by atoms with Crippen LogP contribution in [0.5, 0.6) is 0 Å². The zero-order valence-corrected chi connectivity index (χ0v) is 27.1. The fourth-order valence-electron chi connectivity index (χ4n) is 12.8. The quantitative estimate of drug-likeness (QED) is 0.257. The summed E-state index contributed by atoms with van der Waals surface area (Å²) in [6.45, 7) is 0. The van der Waals surface area contributed by atoms with E-state index in [2.05, 4.69) is 69.9 Å². The first-order chi connectivity index (χ1) is 20.5. The Balaban J connectivity index is 1.21. The van der Waals surface area contributed by atoms with Crippen LogP contribution < -0.4 is 10.9 Å². The number of rotatable bonds is 7. The largest absolute Gasteiger partial charge is 0.256 e. The minimum atomic E-state index is -0.688. The average Bonchev–Trinajstić information content (AvgIpc) is 2.99. The third-order valence-electron chi connectivity index (χ3n) is 13.4. The van der Waals surface area contributed by atoms with Crippen LogP contribution in [0.25, 0.3) is 0 Å². The first-order valence-electron chi connectivity index (χ1n) is 17.0. The van der Waals surface area contributed by atoms with Crippen LogP contribution in [-0.2, 0) is 11.3 Å². The van der Waals surface area contributed by atoms with E-state index >= 15 is 0 Å². The van der Waals surface area contributed by atoms with E-state index < -0.39 is 7.92 Å². The smallest absolute Gasteiger partial charge is 0.0695 e. The minimum absolute atomic E-state index is 0.165. The predicted molar refractivity (Wildman–Crippen MR) is 177 cm³/mol. The molecule has 11 rings (SSSR count). The Morgan fingerprint density at radius 3 is 1.40 bits per heavy atom. The Hall–Kier alpha value is -1.62. The SMILES string of the molecule is PC(c1ccccc1CP(c1ccccn1)c1ccccn1)(C12CC3CC(CC(C3)C1)C2)C12CC3CC(CC(C3)C1)C2. The second-order valence-corrected chi connectivity index (χ2v) is 18.8. The van der Waals surface area contributed by atoms with Crippen molar-refractivity contribution in [3.8, 4) is 0 Å². The van der Waals surface area contributed by atoms with Crippen LogP contribution in [-0.4, -0.2) is 9.97 Å². The van der Waals surface area contributed by atoms with Gasteiger partial charge in [-0.3, -0.25) is 9.97 Å². The predicted octanol–water partition coefficient (Wildman–Crippen LogP) is 8.61. The second kappa shape index (κ2) is 9.94. The summed E-state index contributed by atoms with van der Waals surface area (Å²) in [5, 5.41) is 0.165. The van der Waals surface area contributed by atoms with Gasteiger partial charge in [0.05, 0.1) is 10.9 Å². The number of benzene rings is 1. The molecule has 0 radical (unpaired) electrons. The van der Waals surface area contributed by atoms with Gasteiger partial charge in [0.25, 0.3) is 0 Å². The molecule has 1 aromatic carbocycles. The van der Waals surface area contributed by atoms with Crippen LogP contribution in [0.15, 0.2) is 73.1 Å². The molecular formula is C38H46N2P2. The molecule has 0 N–H and O–H groups in total. The average molecular weight is 593 g/mol. The highest BCUT2D eigenvalue weighted by atomic mass is 31.1. The fourth-order valence-corrected chi connectivity index (χ4v) is 15.9. The van der Waals surface area contributed by atoms with E-state index in [1.165, 1.54) is 87.9 Å². The van der Waals surface area contributed by atoms with Crippen molar-refractivity contribution in [1.82, 2.24) is 9.97 Å². The third-order valence-corrected chi connectivity index (χ3v) is 17.2. The maximum absolute atomic E-state index is 4.94. The molecule has 8 aliphatic carbocycles. The molecule has 3 aromatic rings. The molecule has 8 bridgehead atoms. The molecule has 218 valence electrons. The van der Waals surface area contributed by atoms with E-state index in [0.29, 0.717) is 10.8 Å². The molecule has 0 spiro atoms. The summed E-state index contributed by atoms with van der Waals surface area (Å²) in [6.07, 6.45) is 23.0. The summed E-state index contributed by atoms with van der Waals surface area (Å²) in [7, 11) is 3.13. The summed E-state index contributed by atoms with van der Waals surface area (Å²) in [6, 6.07) is 22.8. The molecule has 1 unspecified atom stereocenters. The molecule has 2 aromatic heterocycles. The first kappa shape index (κ1) is 26.8. The van der Waals surface area contributed by atoms with Gasteiger partial charge < -0.3 is 0 Å². The maximum atomic E-state index is 4.94. The van der Waals surface area contributed by atoms with Gasteiger partial charge >= 0.3 is 0 Å². The van der Waals surface area contributed by atoms with Crippen LogP contribution in [0, 0.1) is 46.3 Å². The van der Waals surface area contributed by atoms with E-state index in [9.17, 15) is 0 Å². The number of pyridine rings is 2. The van der Waals surface area contributed by atoms with Crippen LogP contribution in [0.3, 0.4) is 0 Å². The Morgan fingerprint density at radius 1 is 0.595 bits per heavy atom. The van der Waals surface area contributed by atoms with Gasteiger partial charge in [0.1, 0.15) is 0 Å².